The van der Waals surface area contributed by atoms with Gasteiger partial charge in [-0.15, -0.1) is 0 Å². The van der Waals surface area contributed by atoms with Gasteiger partial charge in [-0.3, -0.25) is 4.79 Å². The minimum Gasteiger partial charge on any atom is -0.461 e. The zero-order valence-electron chi connectivity index (χ0n) is 13.1. The van der Waals surface area contributed by atoms with Crippen molar-refractivity contribution in [3.05, 3.63) is 55.2 Å². The van der Waals surface area contributed by atoms with E-state index in [1.807, 2.05) is 35.6 Å². The lowest BCUT2D eigenvalue weighted by Crippen LogP contribution is -2.11. The van der Waals surface area contributed by atoms with Crippen molar-refractivity contribution in [2.75, 3.05) is 6.61 Å². The Morgan fingerprint density at radius 3 is 2.68 bits per heavy atom. The molecule has 0 fully saturated rings. The number of hydrogen-bond acceptors (Lipinski definition) is 4. The molecule has 1 aromatic rings. The average molecular weight is 416 g/mol. The molecule has 1 aromatic heterocycles. The largest absolute Gasteiger partial charge is 0.461 e. The van der Waals surface area contributed by atoms with Gasteiger partial charge >= 0.3 is 11.6 Å². The van der Waals surface area contributed by atoms with Gasteiger partial charge in [-0.05, 0) is 68.3 Å². The van der Waals surface area contributed by atoms with E-state index in [0.29, 0.717) is 5.76 Å². The predicted molar refractivity (Wildman–Crippen MR) is 94.8 cm³/mol. The van der Waals surface area contributed by atoms with E-state index in [-0.39, 0.29) is 13.0 Å². The standard InChI is InChI=1S/C17H21IO4/c1-12(2)5-4-6-13(3)9-10-21-17(20)11-15-14(18)7-8-16(19)22-15/h5,7-9H,4,6,10-11H2,1-3H3/b13-9+. The maximum atomic E-state index is 11.7. The molecule has 1 heterocycles. The van der Waals surface area contributed by atoms with Crippen molar-refractivity contribution in [2.45, 2.75) is 40.0 Å². The highest BCUT2D eigenvalue weighted by molar-refractivity contribution is 14.1. The maximum absolute atomic E-state index is 11.7. The van der Waals surface area contributed by atoms with E-state index in [1.54, 1.807) is 6.07 Å². The summed E-state index contributed by atoms with van der Waals surface area (Å²) in [6.07, 6.45) is 6.00. The molecule has 0 saturated heterocycles. The second-order valence-electron chi connectivity index (χ2n) is 5.26. The average Bonchev–Trinajstić information content (AvgIpc) is 2.42. The van der Waals surface area contributed by atoms with Crippen LogP contribution in [0.5, 0.6) is 0 Å². The third kappa shape index (κ3) is 7.59. The van der Waals surface area contributed by atoms with Crippen LogP contribution in [0.15, 0.2) is 44.6 Å². The second kappa shape index (κ2) is 9.61. The highest BCUT2D eigenvalue weighted by atomic mass is 127. The van der Waals surface area contributed by atoms with Gasteiger partial charge in [0.25, 0.3) is 0 Å². The smallest absolute Gasteiger partial charge is 0.335 e. The maximum Gasteiger partial charge on any atom is 0.335 e. The molecule has 22 heavy (non-hydrogen) atoms. The molecular weight excluding hydrogens is 395 g/mol. The highest BCUT2D eigenvalue weighted by Gasteiger charge is 2.10. The molecule has 0 aliphatic heterocycles. The monoisotopic (exact) mass is 416 g/mol. The minimum absolute atomic E-state index is 0.0288. The first-order valence-corrected chi connectivity index (χ1v) is 8.19. The first-order valence-electron chi connectivity index (χ1n) is 7.11. The number of carbonyl (C=O) groups is 1. The van der Waals surface area contributed by atoms with E-state index in [4.69, 9.17) is 9.15 Å². The van der Waals surface area contributed by atoms with Crippen LogP contribution in [0.3, 0.4) is 0 Å². The molecule has 5 heteroatoms. The van der Waals surface area contributed by atoms with E-state index < -0.39 is 11.6 Å². The topological polar surface area (TPSA) is 56.5 Å². The number of allylic oxidation sites excluding steroid dienone is 3. The zero-order chi connectivity index (χ0) is 16.5. The second-order valence-corrected chi connectivity index (χ2v) is 6.42. The van der Waals surface area contributed by atoms with Crippen LogP contribution in [0.1, 0.15) is 39.4 Å². The van der Waals surface area contributed by atoms with Crippen molar-refractivity contribution in [3.63, 3.8) is 0 Å². The molecule has 0 aliphatic rings. The van der Waals surface area contributed by atoms with Crippen molar-refractivity contribution in [3.8, 4) is 0 Å². The lowest BCUT2D eigenvalue weighted by Gasteiger charge is -2.04. The summed E-state index contributed by atoms with van der Waals surface area (Å²) in [6.45, 7) is 6.41. The zero-order valence-corrected chi connectivity index (χ0v) is 15.3. The molecule has 0 N–H and O–H groups in total. The molecule has 120 valence electrons. The van der Waals surface area contributed by atoms with Gasteiger partial charge in [-0.25, -0.2) is 4.79 Å². The Kier molecular flexibility index (Phi) is 8.16. The summed E-state index contributed by atoms with van der Waals surface area (Å²) in [7, 11) is 0. The fraction of sp³-hybridized carbons (Fsp3) is 0.412. The molecular formula is C17H21IO4. The van der Waals surface area contributed by atoms with E-state index in [9.17, 15) is 9.59 Å². The van der Waals surface area contributed by atoms with E-state index >= 15 is 0 Å². The fourth-order valence-corrected chi connectivity index (χ4v) is 2.19. The Morgan fingerprint density at radius 1 is 1.27 bits per heavy atom. The molecule has 0 radical (unpaired) electrons. The van der Waals surface area contributed by atoms with Crippen LogP contribution in [-0.2, 0) is 16.0 Å². The normalized spacial score (nSPS) is 11.2. The molecule has 0 atom stereocenters. The number of carbonyl (C=O) groups excluding carboxylic acids is 1. The Hall–Kier alpha value is -1.37. The van der Waals surface area contributed by atoms with Crippen molar-refractivity contribution in [1.82, 2.24) is 0 Å². The van der Waals surface area contributed by atoms with E-state index in [2.05, 4.69) is 19.9 Å². The molecule has 0 aromatic carbocycles. The third-order valence-electron chi connectivity index (χ3n) is 2.93. The Labute approximate surface area is 144 Å². The quantitative estimate of drug-likeness (QED) is 0.383. The van der Waals surface area contributed by atoms with Gasteiger partial charge in [-0.2, -0.15) is 0 Å². The summed E-state index contributed by atoms with van der Waals surface area (Å²) in [4.78, 5) is 22.9. The summed E-state index contributed by atoms with van der Waals surface area (Å²) in [5, 5.41) is 0. The van der Waals surface area contributed by atoms with Crippen LogP contribution in [0.4, 0.5) is 0 Å². The molecule has 0 spiro atoms. The van der Waals surface area contributed by atoms with Crippen LogP contribution in [0.25, 0.3) is 0 Å². The summed E-state index contributed by atoms with van der Waals surface area (Å²) < 4.78 is 10.9. The van der Waals surface area contributed by atoms with Gasteiger partial charge < -0.3 is 9.15 Å². The molecule has 0 aliphatic carbocycles. The molecule has 0 saturated carbocycles. The Morgan fingerprint density at radius 2 is 2.00 bits per heavy atom. The summed E-state index contributed by atoms with van der Waals surface area (Å²) >= 11 is 2.02. The molecule has 0 bridgehead atoms. The molecule has 1 rings (SSSR count). The lowest BCUT2D eigenvalue weighted by atomic mass is 10.1. The molecule has 0 amide bonds. The molecule has 0 unspecified atom stereocenters. The predicted octanol–water partition coefficient (Wildman–Crippen LogP) is 4.02. The first kappa shape index (κ1) is 18.7. The van der Waals surface area contributed by atoms with E-state index in [1.165, 1.54) is 17.2 Å². The van der Waals surface area contributed by atoms with Crippen molar-refractivity contribution >= 4 is 28.6 Å². The summed E-state index contributed by atoms with van der Waals surface area (Å²) in [5.74, 6) is -0.0528. The molecule has 4 nitrogen and oxygen atoms in total. The van der Waals surface area contributed by atoms with Crippen molar-refractivity contribution in [2.24, 2.45) is 0 Å². The van der Waals surface area contributed by atoms with Crippen LogP contribution in [-0.4, -0.2) is 12.6 Å². The van der Waals surface area contributed by atoms with Crippen molar-refractivity contribution < 1.29 is 13.9 Å². The van der Waals surface area contributed by atoms with Gasteiger partial charge in [0.2, 0.25) is 0 Å². The number of hydrogen-bond donors (Lipinski definition) is 0. The van der Waals surface area contributed by atoms with Crippen LogP contribution in [0.2, 0.25) is 0 Å². The van der Waals surface area contributed by atoms with Crippen LogP contribution < -0.4 is 5.63 Å². The van der Waals surface area contributed by atoms with Gasteiger partial charge in [0.1, 0.15) is 18.8 Å². The third-order valence-corrected chi connectivity index (χ3v) is 3.89. The lowest BCUT2D eigenvalue weighted by molar-refractivity contribution is -0.141. The number of halogens is 1. The van der Waals surface area contributed by atoms with Crippen LogP contribution >= 0.6 is 22.6 Å². The number of ether oxygens (including phenoxy) is 1. The SMILES string of the molecule is CC(C)=CCC/C(C)=C/COC(=O)Cc1oc(=O)ccc1I. The van der Waals surface area contributed by atoms with Gasteiger partial charge in [-0.1, -0.05) is 17.2 Å². The van der Waals surface area contributed by atoms with Gasteiger partial charge in [0.15, 0.2) is 0 Å². The summed E-state index contributed by atoms with van der Waals surface area (Å²) in [5.41, 5.74) is 2.03. The van der Waals surface area contributed by atoms with Gasteiger partial charge in [0, 0.05) is 6.07 Å². The number of rotatable bonds is 7. The summed E-state index contributed by atoms with van der Waals surface area (Å²) in [6, 6.07) is 2.96. The Bertz CT molecular complexity index is 622. The highest BCUT2D eigenvalue weighted by Crippen LogP contribution is 2.11. The van der Waals surface area contributed by atoms with Crippen LogP contribution in [0, 0.1) is 3.57 Å². The number of esters is 1. The van der Waals surface area contributed by atoms with E-state index in [0.717, 1.165) is 16.4 Å². The fourth-order valence-electron chi connectivity index (χ4n) is 1.71. The Balaban J connectivity index is 2.41. The minimum atomic E-state index is -0.460. The van der Waals surface area contributed by atoms with Crippen molar-refractivity contribution in [1.29, 1.82) is 0 Å². The first-order chi connectivity index (χ1) is 10.4. The van der Waals surface area contributed by atoms with Gasteiger partial charge in [0.05, 0.1) is 3.57 Å².